The molecule has 1 aromatic heterocycles. The van der Waals surface area contributed by atoms with E-state index in [1.54, 1.807) is 13.4 Å². The number of nitrogens with one attached hydrogen (secondary N) is 2. The fraction of sp³-hybridized carbons (Fsp3) is 0.583. The van der Waals surface area contributed by atoms with Gasteiger partial charge in [-0.25, -0.2) is 9.97 Å². The van der Waals surface area contributed by atoms with E-state index < -0.39 is 0 Å². The molecule has 2 N–H and O–H groups in total. The van der Waals surface area contributed by atoms with Crippen LogP contribution < -0.4 is 10.6 Å². The molecule has 0 radical (unpaired) electrons. The number of aromatic nitrogens is 2. The molecule has 0 unspecified atom stereocenters. The summed E-state index contributed by atoms with van der Waals surface area (Å²) < 4.78 is 0. The van der Waals surface area contributed by atoms with E-state index in [9.17, 15) is 4.79 Å². The molecule has 0 fully saturated rings. The first-order chi connectivity index (χ1) is 8.31. The van der Waals surface area contributed by atoms with Crippen LogP contribution in [0, 0.1) is 0 Å². The zero-order chi connectivity index (χ0) is 12.1. The van der Waals surface area contributed by atoms with E-state index in [1.807, 2.05) is 0 Å². The molecular formula is C12H18N4O. The maximum Gasteiger partial charge on any atom is 0.221 e. The molecule has 0 spiro atoms. The monoisotopic (exact) mass is 234 g/mol. The minimum Gasteiger partial charge on any atom is -0.369 e. The number of carbonyl (C=O) groups is 1. The smallest absolute Gasteiger partial charge is 0.221 e. The van der Waals surface area contributed by atoms with Crippen LogP contribution in [0.15, 0.2) is 6.33 Å². The summed E-state index contributed by atoms with van der Waals surface area (Å²) in [6.45, 7) is 0.614. The van der Waals surface area contributed by atoms with Crippen LogP contribution in [0.4, 0.5) is 5.82 Å². The van der Waals surface area contributed by atoms with Crippen molar-refractivity contribution in [2.75, 3.05) is 18.9 Å². The third kappa shape index (κ3) is 2.93. The fourth-order valence-electron chi connectivity index (χ4n) is 2.09. The lowest BCUT2D eigenvalue weighted by Gasteiger charge is -2.17. The van der Waals surface area contributed by atoms with E-state index in [1.165, 1.54) is 18.4 Å². The number of anilines is 1. The highest BCUT2D eigenvalue weighted by Gasteiger charge is 2.14. The van der Waals surface area contributed by atoms with Gasteiger partial charge in [-0.3, -0.25) is 4.79 Å². The lowest BCUT2D eigenvalue weighted by atomic mass is 9.96. The van der Waals surface area contributed by atoms with Crippen molar-refractivity contribution in [1.29, 1.82) is 0 Å². The third-order valence-corrected chi connectivity index (χ3v) is 3.05. The van der Waals surface area contributed by atoms with Crippen LogP contribution in [0.25, 0.3) is 0 Å². The van der Waals surface area contributed by atoms with Gasteiger partial charge in [0.05, 0.1) is 0 Å². The Labute approximate surface area is 101 Å². The molecule has 1 aliphatic rings. The van der Waals surface area contributed by atoms with Gasteiger partial charge in [-0.15, -0.1) is 0 Å². The number of rotatable bonds is 4. The van der Waals surface area contributed by atoms with E-state index in [0.717, 1.165) is 24.4 Å². The Kier molecular flexibility index (Phi) is 3.90. The Morgan fingerprint density at radius 2 is 2.18 bits per heavy atom. The van der Waals surface area contributed by atoms with Crippen molar-refractivity contribution in [1.82, 2.24) is 15.3 Å². The van der Waals surface area contributed by atoms with Crippen LogP contribution in [0.1, 0.15) is 30.5 Å². The zero-order valence-electron chi connectivity index (χ0n) is 10.1. The molecule has 0 aliphatic heterocycles. The minimum absolute atomic E-state index is 0.0421. The second-order valence-corrected chi connectivity index (χ2v) is 4.20. The van der Waals surface area contributed by atoms with Gasteiger partial charge in [0.1, 0.15) is 12.1 Å². The molecule has 0 saturated carbocycles. The summed E-state index contributed by atoms with van der Waals surface area (Å²) in [5.41, 5.74) is 2.39. The molecule has 1 amide bonds. The van der Waals surface area contributed by atoms with E-state index in [2.05, 4.69) is 20.6 Å². The minimum atomic E-state index is 0.0421. The molecule has 1 aliphatic carbocycles. The topological polar surface area (TPSA) is 66.9 Å². The molecule has 0 atom stereocenters. The highest BCUT2D eigenvalue weighted by atomic mass is 16.1. The van der Waals surface area contributed by atoms with Gasteiger partial charge in [0, 0.05) is 31.3 Å². The third-order valence-electron chi connectivity index (χ3n) is 3.05. The van der Waals surface area contributed by atoms with Crippen molar-refractivity contribution >= 4 is 11.7 Å². The molecule has 0 bridgehead atoms. The zero-order valence-corrected chi connectivity index (χ0v) is 10.1. The second-order valence-electron chi connectivity index (χ2n) is 4.20. The number of fused-ring (bicyclic) bond motifs is 1. The summed E-state index contributed by atoms with van der Waals surface area (Å²) in [5.74, 6) is 0.944. The van der Waals surface area contributed by atoms with Crippen molar-refractivity contribution in [3.8, 4) is 0 Å². The van der Waals surface area contributed by atoms with Gasteiger partial charge < -0.3 is 10.6 Å². The van der Waals surface area contributed by atoms with E-state index in [-0.39, 0.29) is 5.91 Å². The van der Waals surface area contributed by atoms with Gasteiger partial charge in [0.25, 0.3) is 0 Å². The van der Waals surface area contributed by atoms with Gasteiger partial charge in [-0.05, 0) is 25.7 Å². The Hall–Kier alpha value is -1.65. The molecule has 92 valence electrons. The Morgan fingerprint density at radius 3 is 3.00 bits per heavy atom. The SMILES string of the molecule is CNC(=O)CCNc1ncnc2c1CCCC2. The summed E-state index contributed by atoms with van der Waals surface area (Å²) >= 11 is 0. The first kappa shape index (κ1) is 11.8. The molecule has 1 heterocycles. The molecule has 5 nitrogen and oxygen atoms in total. The van der Waals surface area contributed by atoms with Crippen LogP contribution in [-0.2, 0) is 17.6 Å². The standard InChI is InChI=1S/C12H18N4O/c1-13-11(17)6-7-14-12-9-4-2-3-5-10(9)15-8-16-12/h8H,2-7H2,1H3,(H,13,17)(H,14,15,16). The Bertz CT molecular complexity index is 405. The van der Waals surface area contributed by atoms with Crippen LogP contribution in [-0.4, -0.2) is 29.5 Å². The number of amides is 1. The van der Waals surface area contributed by atoms with E-state index in [4.69, 9.17) is 0 Å². The quantitative estimate of drug-likeness (QED) is 0.812. The average Bonchev–Trinajstić information content (AvgIpc) is 2.39. The van der Waals surface area contributed by atoms with Crippen LogP contribution in [0.3, 0.4) is 0 Å². The van der Waals surface area contributed by atoms with Crippen LogP contribution in [0.2, 0.25) is 0 Å². The van der Waals surface area contributed by atoms with Gasteiger partial charge in [0.2, 0.25) is 5.91 Å². The first-order valence-electron chi connectivity index (χ1n) is 6.08. The lowest BCUT2D eigenvalue weighted by Crippen LogP contribution is -2.21. The highest BCUT2D eigenvalue weighted by Crippen LogP contribution is 2.24. The Balaban J connectivity index is 1.98. The van der Waals surface area contributed by atoms with Gasteiger partial charge in [-0.1, -0.05) is 0 Å². The maximum absolute atomic E-state index is 11.1. The molecular weight excluding hydrogens is 216 g/mol. The number of hydrogen-bond acceptors (Lipinski definition) is 4. The van der Waals surface area contributed by atoms with Crippen LogP contribution >= 0.6 is 0 Å². The molecule has 0 saturated heterocycles. The first-order valence-corrected chi connectivity index (χ1v) is 6.08. The lowest BCUT2D eigenvalue weighted by molar-refractivity contribution is -0.120. The molecule has 0 aromatic carbocycles. The molecule has 1 aromatic rings. The van der Waals surface area contributed by atoms with Gasteiger partial charge >= 0.3 is 0 Å². The summed E-state index contributed by atoms with van der Waals surface area (Å²) in [6.07, 6.45) is 6.56. The number of aryl methyl sites for hydroxylation is 1. The average molecular weight is 234 g/mol. The highest BCUT2D eigenvalue weighted by molar-refractivity contribution is 5.76. The largest absolute Gasteiger partial charge is 0.369 e. The summed E-state index contributed by atoms with van der Waals surface area (Å²) in [6, 6.07) is 0. The predicted molar refractivity (Wildman–Crippen MR) is 65.8 cm³/mol. The fourth-order valence-corrected chi connectivity index (χ4v) is 2.09. The molecule has 5 heteroatoms. The van der Waals surface area contributed by atoms with Gasteiger partial charge in [0.15, 0.2) is 0 Å². The van der Waals surface area contributed by atoms with Crippen molar-refractivity contribution in [2.45, 2.75) is 32.1 Å². The molecule has 2 rings (SSSR count). The summed E-state index contributed by atoms with van der Waals surface area (Å²) in [7, 11) is 1.65. The number of hydrogen-bond donors (Lipinski definition) is 2. The summed E-state index contributed by atoms with van der Waals surface area (Å²) in [4.78, 5) is 19.7. The number of nitrogens with zero attached hydrogens (tertiary/aromatic N) is 2. The summed E-state index contributed by atoms with van der Waals surface area (Å²) in [5, 5.41) is 5.83. The van der Waals surface area contributed by atoms with Crippen molar-refractivity contribution in [3.63, 3.8) is 0 Å². The van der Waals surface area contributed by atoms with Crippen LogP contribution in [0.5, 0.6) is 0 Å². The number of carbonyl (C=O) groups excluding carboxylic acids is 1. The van der Waals surface area contributed by atoms with E-state index in [0.29, 0.717) is 13.0 Å². The second kappa shape index (κ2) is 5.61. The Morgan fingerprint density at radius 1 is 1.35 bits per heavy atom. The maximum atomic E-state index is 11.1. The normalized spacial score (nSPS) is 13.9. The van der Waals surface area contributed by atoms with Gasteiger partial charge in [-0.2, -0.15) is 0 Å². The van der Waals surface area contributed by atoms with Crippen molar-refractivity contribution < 1.29 is 4.79 Å². The van der Waals surface area contributed by atoms with E-state index >= 15 is 0 Å². The predicted octanol–water partition coefficient (Wildman–Crippen LogP) is 0.903. The van der Waals surface area contributed by atoms with Crippen molar-refractivity contribution in [3.05, 3.63) is 17.6 Å². The van der Waals surface area contributed by atoms with Crippen molar-refractivity contribution in [2.24, 2.45) is 0 Å². The molecule has 17 heavy (non-hydrogen) atoms.